The van der Waals surface area contributed by atoms with Gasteiger partial charge in [0.1, 0.15) is 0 Å². The molecule has 1 aliphatic carbocycles. The van der Waals surface area contributed by atoms with Gasteiger partial charge in [0.2, 0.25) is 0 Å². The fourth-order valence-corrected chi connectivity index (χ4v) is 3.37. The van der Waals surface area contributed by atoms with Gasteiger partial charge in [-0.1, -0.05) is 19.3 Å². The van der Waals surface area contributed by atoms with Gasteiger partial charge in [0, 0.05) is 6.04 Å². The van der Waals surface area contributed by atoms with Gasteiger partial charge in [0.05, 0.1) is 12.2 Å². The molecular formula is C14H27NO. The van der Waals surface area contributed by atoms with Gasteiger partial charge in [0.25, 0.3) is 0 Å². The lowest BCUT2D eigenvalue weighted by atomic mass is 9.91. The topological polar surface area (TPSA) is 21.3 Å². The Morgan fingerprint density at radius 1 is 1.12 bits per heavy atom. The van der Waals surface area contributed by atoms with E-state index in [0.29, 0.717) is 12.2 Å². The lowest BCUT2D eigenvalue weighted by molar-refractivity contribution is 0.0387. The van der Waals surface area contributed by atoms with Crippen LogP contribution >= 0.6 is 0 Å². The second-order valence-corrected chi connectivity index (χ2v) is 5.75. The van der Waals surface area contributed by atoms with Crippen molar-refractivity contribution in [2.24, 2.45) is 5.92 Å². The monoisotopic (exact) mass is 225 g/mol. The van der Waals surface area contributed by atoms with Crippen molar-refractivity contribution < 1.29 is 4.74 Å². The number of hydrogen-bond donors (Lipinski definition) is 1. The normalized spacial score (nSPS) is 40.9. The molecule has 2 heteroatoms. The highest BCUT2D eigenvalue weighted by Crippen LogP contribution is 2.31. The van der Waals surface area contributed by atoms with Gasteiger partial charge >= 0.3 is 0 Å². The van der Waals surface area contributed by atoms with E-state index in [-0.39, 0.29) is 0 Å². The average molecular weight is 225 g/mol. The maximum absolute atomic E-state index is 5.95. The number of ether oxygens (including phenoxy) is 1. The molecule has 2 fully saturated rings. The first-order chi connectivity index (χ1) is 7.78. The van der Waals surface area contributed by atoms with Crippen LogP contribution in [0.4, 0.5) is 0 Å². The van der Waals surface area contributed by atoms with Crippen molar-refractivity contribution in [3.05, 3.63) is 0 Å². The zero-order valence-corrected chi connectivity index (χ0v) is 10.9. The van der Waals surface area contributed by atoms with Gasteiger partial charge in [-0.25, -0.2) is 0 Å². The first kappa shape index (κ1) is 12.4. The quantitative estimate of drug-likeness (QED) is 0.745. The minimum Gasteiger partial charge on any atom is -0.375 e. The standard InChI is InChI=1S/C14H27NO/c1-11-7-8-14(16-11)10-12-5-3-4-6-13(9-12)15-2/h11-15H,3-10H2,1-2H3. The van der Waals surface area contributed by atoms with Crippen LogP contribution in [0.3, 0.4) is 0 Å². The molecule has 0 aromatic carbocycles. The van der Waals surface area contributed by atoms with Crippen LogP contribution in [-0.2, 0) is 4.74 Å². The van der Waals surface area contributed by atoms with Gasteiger partial charge in [-0.3, -0.25) is 0 Å². The number of hydrogen-bond acceptors (Lipinski definition) is 2. The fraction of sp³-hybridized carbons (Fsp3) is 1.00. The Kier molecular flexibility index (Phi) is 4.66. The third kappa shape index (κ3) is 3.46. The van der Waals surface area contributed by atoms with Gasteiger partial charge in [-0.05, 0) is 52.0 Å². The molecule has 0 aromatic heterocycles. The van der Waals surface area contributed by atoms with E-state index in [1.807, 2.05) is 0 Å². The van der Waals surface area contributed by atoms with Crippen LogP contribution in [0.1, 0.15) is 58.3 Å². The van der Waals surface area contributed by atoms with Gasteiger partial charge in [-0.2, -0.15) is 0 Å². The molecule has 0 aromatic rings. The van der Waals surface area contributed by atoms with Crippen LogP contribution in [0.25, 0.3) is 0 Å². The largest absolute Gasteiger partial charge is 0.375 e. The summed E-state index contributed by atoms with van der Waals surface area (Å²) in [6.45, 7) is 2.21. The van der Waals surface area contributed by atoms with Crippen LogP contribution in [0.2, 0.25) is 0 Å². The number of rotatable bonds is 3. The van der Waals surface area contributed by atoms with Crippen LogP contribution in [0, 0.1) is 5.92 Å². The lowest BCUT2D eigenvalue weighted by Crippen LogP contribution is -2.27. The summed E-state index contributed by atoms with van der Waals surface area (Å²) in [4.78, 5) is 0. The summed E-state index contributed by atoms with van der Waals surface area (Å²) in [6.07, 6.45) is 11.9. The van der Waals surface area contributed by atoms with Gasteiger partial charge in [0.15, 0.2) is 0 Å². The third-order valence-electron chi connectivity index (χ3n) is 4.36. The van der Waals surface area contributed by atoms with Crippen molar-refractivity contribution in [2.75, 3.05) is 7.05 Å². The van der Waals surface area contributed by atoms with E-state index in [9.17, 15) is 0 Å². The molecule has 1 aliphatic heterocycles. The maximum atomic E-state index is 5.95. The number of nitrogens with one attached hydrogen (secondary N) is 1. The zero-order valence-electron chi connectivity index (χ0n) is 10.9. The highest BCUT2D eigenvalue weighted by molar-refractivity contribution is 4.79. The molecule has 2 aliphatic rings. The van der Waals surface area contributed by atoms with E-state index < -0.39 is 0 Å². The molecule has 2 nitrogen and oxygen atoms in total. The highest BCUT2D eigenvalue weighted by Gasteiger charge is 2.27. The van der Waals surface area contributed by atoms with Gasteiger partial charge < -0.3 is 10.1 Å². The molecule has 0 spiro atoms. The molecule has 1 heterocycles. The Morgan fingerprint density at radius 2 is 1.94 bits per heavy atom. The minimum absolute atomic E-state index is 0.510. The summed E-state index contributed by atoms with van der Waals surface area (Å²) in [5.41, 5.74) is 0. The van der Waals surface area contributed by atoms with E-state index >= 15 is 0 Å². The average Bonchev–Trinajstić information content (AvgIpc) is 2.55. The van der Waals surface area contributed by atoms with Crippen LogP contribution in [0.15, 0.2) is 0 Å². The van der Waals surface area contributed by atoms with E-state index in [0.717, 1.165) is 12.0 Å². The Balaban J connectivity index is 1.78. The fourth-order valence-electron chi connectivity index (χ4n) is 3.37. The first-order valence-electron chi connectivity index (χ1n) is 7.10. The molecule has 0 amide bonds. The van der Waals surface area contributed by atoms with E-state index in [2.05, 4.69) is 19.3 Å². The summed E-state index contributed by atoms with van der Waals surface area (Å²) < 4.78 is 5.95. The molecule has 1 N–H and O–H groups in total. The molecule has 1 saturated carbocycles. The Hall–Kier alpha value is -0.0800. The van der Waals surface area contributed by atoms with Crippen molar-refractivity contribution in [2.45, 2.75) is 76.5 Å². The Morgan fingerprint density at radius 3 is 2.62 bits per heavy atom. The maximum Gasteiger partial charge on any atom is 0.0582 e. The summed E-state index contributed by atoms with van der Waals surface area (Å²) >= 11 is 0. The second-order valence-electron chi connectivity index (χ2n) is 5.75. The Labute approximate surface area is 100 Å². The summed E-state index contributed by atoms with van der Waals surface area (Å²) in [5, 5.41) is 3.47. The molecule has 1 saturated heterocycles. The van der Waals surface area contributed by atoms with Crippen LogP contribution in [-0.4, -0.2) is 25.3 Å². The molecule has 4 atom stereocenters. The molecule has 0 bridgehead atoms. The van der Waals surface area contributed by atoms with Crippen LogP contribution < -0.4 is 5.32 Å². The second kappa shape index (κ2) is 6.02. The molecule has 16 heavy (non-hydrogen) atoms. The predicted octanol–water partition coefficient (Wildman–Crippen LogP) is 3.11. The van der Waals surface area contributed by atoms with E-state index in [1.54, 1.807) is 0 Å². The van der Waals surface area contributed by atoms with Crippen molar-refractivity contribution in [1.82, 2.24) is 5.32 Å². The predicted molar refractivity (Wildman–Crippen MR) is 67.6 cm³/mol. The Bertz CT molecular complexity index is 207. The molecule has 2 rings (SSSR count). The van der Waals surface area contributed by atoms with Gasteiger partial charge in [-0.15, -0.1) is 0 Å². The van der Waals surface area contributed by atoms with Crippen molar-refractivity contribution in [3.8, 4) is 0 Å². The molecule has 0 radical (unpaired) electrons. The van der Waals surface area contributed by atoms with Crippen molar-refractivity contribution >= 4 is 0 Å². The SMILES string of the molecule is CNC1CCCCC(CC2CCC(C)O2)C1. The molecular weight excluding hydrogens is 198 g/mol. The zero-order chi connectivity index (χ0) is 11.4. The first-order valence-corrected chi connectivity index (χ1v) is 7.10. The summed E-state index contributed by atoms with van der Waals surface area (Å²) in [5.74, 6) is 0.898. The molecule has 94 valence electrons. The summed E-state index contributed by atoms with van der Waals surface area (Å²) in [7, 11) is 2.11. The third-order valence-corrected chi connectivity index (χ3v) is 4.36. The van der Waals surface area contributed by atoms with Crippen LogP contribution in [0.5, 0.6) is 0 Å². The van der Waals surface area contributed by atoms with Crippen molar-refractivity contribution in [3.63, 3.8) is 0 Å². The smallest absolute Gasteiger partial charge is 0.0582 e. The summed E-state index contributed by atoms with van der Waals surface area (Å²) in [6, 6.07) is 0.756. The van der Waals surface area contributed by atoms with E-state index in [4.69, 9.17) is 4.74 Å². The van der Waals surface area contributed by atoms with Crippen molar-refractivity contribution in [1.29, 1.82) is 0 Å². The minimum atomic E-state index is 0.510. The highest BCUT2D eigenvalue weighted by atomic mass is 16.5. The lowest BCUT2D eigenvalue weighted by Gasteiger charge is -2.22. The van der Waals surface area contributed by atoms with E-state index in [1.165, 1.54) is 51.4 Å². The molecule has 4 unspecified atom stereocenters.